The summed E-state index contributed by atoms with van der Waals surface area (Å²) in [6.07, 6.45) is 10.4. The van der Waals surface area contributed by atoms with Gasteiger partial charge in [0.1, 0.15) is 6.10 Å². The number of rotatable bonds is 10. The monoisotopic (exact) mass is 300 g/mol. The van der Waals surface area contributed by atoms with Gasteiger partial charge in [0.05, 0.1) is 12.2 Å². The zero-order valence-corrected chi connectivity index (χ0v) is 14.8. The van der Waals surface area contributed by atoms with Crippen LogP contribution < -0.4 is 0 Å². The molecular formula is C18H36O3. The average molecular weight is 300 g/mol. The molecule has 0 N–H and O–H groups in total. The molecule has 1 saturated carbocycles. The first-order chi connectivity index (χ1) is 10.1. The lowest BCUT2D eigenvalue weighted by molar-refractivity contribution is -0.178. The van der Waals surface area contributed by atoms with Crippen molar-refractivity contribution < 1.29 is 14.2 Å². The van der Waals surface area contributed by atoms with E-state index >= 15 is 0 Å². The molecule has 0 spiro atoms. The van der Waals surface area contributed by atoms with Gasteiger partial charge in [-0.2, -0.15) is 0 Å². The van der Waals surface area contributed by atoms with Crippen molar-refractivity contribution >= 4 is 0 Å². The number of hydrogen-bond acceptors (Lipinski definition) is 3. The second-order valence-electron chi connectivity index (χ2n) is 7.06. The fraction of sp³-hybridized carbons (Fsp3) is 1.00. The molecule has 126 valence electrons. The molecule has 0 aliphatic heterocycles. The first-order valence-corrected chi connectivity index (χ1v) is 8.74. The van der Waals surface area contributed by atoms with Gasteiger partial charge >= 0.3 is 0 Å². The molecule has 0 unspecified atom stereocenters. The Morgan fingerprint density at radius 3 is 2.24 bits per heavy atom. The zero-order chi connectivity index (χ0) is 15.7. The Kier molecular flexibility index (Phi) is 8.84. The van der Waals surface area contributed by atoms with Crippen molar-refractivity contribution in [3.8, 4) is 0 Å². The first-order valence-electron chi connectivity index (χ1n) is 8.74. The van der Waals surface area contributed by atoms with Gasteiger partial charge in [-0.3, -0.25) is 0 Å². The van der Waals surface area contributed by atoms with E-state index in [1.165, 1.54) is 32.1 Å². The lowest BCUT2D eigenvalue weighted by Gasteiger charge is -2.46. The van der Waals surface area contributed by atoms with Gasteiger partial charge in [-0.15, -0.1) is 0 Å². The van der Waals surface area contributed by atoms with Crippen molar-refractivity contribution in [3.63, 3.8) is 0 Å². The molecule has 1 fully saturated rings. The molecule has 0 saturated heterocycles. The zero-order valence-electron chi connectivity index (χ0n) is 14.8. The van der Waals surface area contributed by atoms with Crippen LogP contribution in [-0.2, 0) is 14.2 Å². The van der Waals surface area contributed by atoms with E-state index in [4.69, 9.17) is 14.2 Å². The lowest BCUT2D eigenvalue weighted by Crippen LogP contribution is -2.53. The lowest BCUT2D eigenvalue weighted by atomic mass is 9.72. The van der Waals surface area contributed by atoms with E-state index in [9.17, 15) is 0 Å². The number of unbranched alkanes of at least 4 members (excludes halogenated alkanes) is 5. The van der Waals surface area contributed by atoms with Crippen molar-refractivity contribution in [3.05, 3.63) is 0 Å². The fourth-order valence-corrected chi connectivity index (χ4v) is 3.48. The second-order valence-corrected chi connectivity index (χ2v) is 7.06. The standard InChI is InChI=1S/C18H36O3/c1-6-7-8-9-10-11-14-21-15-12-13-18(2,3)17(20-5)16(15)19-4/h15-17H,6-14H2,1-5H3/t15-,16-,17+/m1/s1. The van der Waals surface area contributed by atoms with E-state index in [2.05, 4.69) is 20.8 Å². The van der Waals surface area contributed by atoms with Gasteiger partial charge in [0.25, 0.3) is 0 Å². The summed E-state index contributed by atoms with van der Waals surface area (Å²) in [5.74, 6) is 0. The highest BCUT2D eigenvalue weighted by Gasteiger charge is 2.45. The molecule has 0 heterocycles. The van der Waals surface area contributed by atoms with Crippen LogP contribution in [0.15, 0.2) is 0 Å². The van der Waals surface area contributed by atoms with Gasteiger partial charge in [0, 0.05) is 20.8 Å². The van der Waals surface area contributed by atoms with Crippen LogP contribution >= 0.6 is 0 Å². The third kappa shape index (κ3) is 5.88. The van der Waals surface area contributed by atoms with Crippen LogP contribution in [0.2, 0.25) is 0 Å². The molecule has 1 aliphatic carbocycles. The van der Waals surface area contributed by atoms with Gasteiger partial charge in [-0.05, 0) is 24.7 Å². The Labute approximate surface area is 131 Å². The van der Waals surface area contributed by atoms with Gasteiger partial charge in [-0.25, -0.2) is 0 Å². The molecule has 0 aromatic carbocycles. The van der Waals surface area contributed by atoms with E-state index in [-0.39, 0.29) is 23.7 Å². The van der Waals surface area contributed by atoms with Crippen LogP contribution in [0, 0.1) is 5.41 Å². The Hall–Kier alpha value is -0.120. The van der Waals surface area contributed by atoms with Gasteiger partial charge in [-0.1, -0.05) is 52.9 Å². The number of methoxy groups -OCH3 is 2. The highest BCUT2D eigenvalue weighted by molar-refractivity contribution is 4.95. The molecule has 1 aliphatic rings. The predicted octanol–water partition coefficient (Wildman–Crippen LogP) is 4.58. The minimum atomic E-state index is 0.0545. The maximum atomic E-state index is 6.11. The van der Waals surface area contributed by atoms with Crippen LogP contribution in [0.3, 0.4) is 0 Å². The SMILES string of the molecule is CCCCCCCCO[C@@H]1CCC(C)(C)[C@@H](OC)[C@@H]1OC. The van der Waals surface area contributed by atoms with Crippen LogP contribution in [-0.4, -0.2) is 39.1 Å². The van der Waals surface area contributed by atoms with Crippen LogP contribution in [0.5, 0.6) is 0 Å². The molecular weight excluding hydrogens is 264 g/mol. The maximum Gasteiger partial charge on any atom is 0.110 e. The highest BCUT2D eigenvalue weighted by atomic mass is 16.6. The van der Waals surface area contributed by atoms with Crippen molar-refractivity contribution in [2.75, 3.05) is 20.8 Å². The molecule has 3 atom stereocenters. The Morgan fingerprint density at radius 2 is 1.62 bits per heavy atom. The number of ether oxygens (including phenoxy) is 3. The van der Waals surface area contributed by atoms with E-state index in [1.807, 2.05) is 0 Å². The molecule has 0 aromatic heterocycles. The molecule has 3 nitrogen and oxygen atoms in total. The summed E-state index contributed by atoms with van der Waals surface area (Å²) >= 11 is 0. The smallest absolute Gasteiger partial charge is 0.110 e. The normalized spacial score (nSPS) is 28.7. The molecule has 0 aromatic rings. The predicted molar refractivity (Wildman–Crippen MR) is 87.7 cm³/mol. The van der Waals surface area contributed by atoms with Crippen LogP contribution in [0.25, 0.3) is 0 Å². The fourth-order valence-electron chi connectivity index (χ4n) is 3.48. The van der Waals surface area contributed by atoms with Crippen molar-refractivity contribution in [2.24, 2.45) is 5.41 Å². The van der Waals surface area contributed by atoms with E-state index in [1.54, 1.807) is 14.2 Å². The molecule has 21 heavy (non-hydrogen) atoms. The van der Waals surface area contributed by atoms with Gasteiger partial charge in [0.15, 0.2) is 0 Å². The minimum absolute atomic E-state index is 0.0545. The molecule has 0 bridgehead atoms. The highest BCUT2D eigenvalue weighted by Crippen LogP contribution is 2.39. The largest absolute Gasteiger partial charge is 0.378 e. The summed E-state index contributed by atoms with van der Waals surface area (Å²) in [6, 6.07) is 0. The number of hydrogen-bond donors (Lipinski definition) is 0. The first kappa shape index (κ1) is 18.9. The van der Waals surface area contributed by atoms with Crippen molar-refractivity contribution in [1.82, 2.24) is 0 Å². The van der Waals surface area contributed by atoms with Crippen molar-refractivity contribution in [2.45, 2.75) is 90.4 Å². The third-order valence-corrected chi connectivity index (χ3v) is 4.86. The van der Waals surface area contributed by atoms with Gasteiger partial charge in [0.2, 0.25) is 0 Å². The second kappa shape index (κ2) is 9.81. The molecule has 0 radical (unpaired) electrons. The summed E-state index contributed by atoms with van der Waals surface area (Å²) in [7, 11) is 3.56. The summed E-state index contributed by atoms with van der Waals surface area (Å²) in [5.41, 5.74) is 0.162. The van der Waals surface area contributed by atoms with E-state index in [0.717, 1.165) is 25.9 Å². The topological polar surface area (TPSA) is 27.7 Å². The average Bonchev–Trinajstić information content (AvgIpc) is 2.46. The Balaban J connectivity index is 2.30. The van der Waals surface area contributed by atoms with Crippen LogP contribution in [0.1, 0.15) is 72.1 Å². The molecule has 1 rings (SSSR count). The third-order valence-electron chi connectivity index (χ3n) is 4.86. The maximum absolute atomic E-state index is 6.11. The summed E-state index contributed by atoms with van der Waals surface area (Å²) in [4.78, 5) is 0. The summed E-state index contributed by atoms with van der Waals surface area (Å²) in [6.45, 7) is 7.63. The Morgan fingerprint density at radius 1 is 0.952 bits per heavy atom. The van der Waals surface area contributed by atoms with Crippen molar-refractivity contribution in [1.29, 1.82) is 0 Å². The van der Waals surface area contributed by atoms with E-state index < -0.39 is 0 Å². The Bertz CT molecular complexity index is 265. The van der Waals surface area contributed by atoms with E-state index in [0.29, 0.717) is 0 Å². The van der Waals surface area contributed by atoms with Gasteiger partial charge < -0.3 is 14.2 Å². The van der Waals surface area contributed by atoms with Crippen LogP contribution in [0.4, 0.5) is 0 Å². The summed E-state index contributed by atoms with van der Waals surface area (Å²) in [5, 5.41) is 0. The molecule has 3 heteroatoms. The quantitative estimate of drug-likeness (QED) is 0.553. The minimum Gasteiger partial charge on any atom is -0.378 e. The molecule has 0 amide bonds. The summed E-state index contributed by atoms with van der Waals surface area (Å²) < 4.78 is 17.5.